The van der Waals surface area contributed by atoms with E-state index in [0.29, 0.717) is 12.1 Å². The van der Waals surface area contributed by atoms with Crippen LogP contribution in [-0.2, 0) is 0 Å². The summed E-state index contributed by atoms with van der Waals surface area (Å²) in [5.74, 6) is 0. The zero-order chi connectivity index (χ0) is 13.1. The fourth-order valence-electron chi connectivity index (χ4n) is 2.40. The molecule has 1 fully saturated rings. The molecule has 2 nitrogen and oxygen atoms in total. The highest BCUT2D eigenvalue weighted by molar-refractivity contribution is 9.10. The molecule has 4 heteroatoms. The van der Waals surface area contributed by atoms with Gasteiger partial charge in [0.05, 0.1) is 15.2 Å². The van der Waals surface area contributed by atoms with Gasteiger partial charge < -0.3 is 10.2 Å². The molecular formula is C14H20BrClN2. The van der Waals surface area contributed by atoms with Crippen LogP contribution in [0.15, 0.2) is 22.7 Å². The Morgan fingerprint density at radius 1 is 1.33 bits per heavy atom. The van der Waals surface area contributed by atoms with E-state index in [9.17, 15) is 0 Å². The number of hydrogen-bond donors (Lipinski definition) is 1. The van der Waals surface area contributed by atoms with Crippen molar-refractivity contribution in [3.05, 3.63) is 27.7 Å². The van der Waals surface area contributed by atoms with Gasteiger partial charge in [0.1, 0.15) is 0 Å². The van der Waals surface area contributed by atoms with Crippen molar-refractivity contribution in [3.63, 3.8) is 0 Å². The van der Waals surface area contributed by atoms with Gasteiger partial charge in [-0.15, -0.1) is 0 Å². The molecule has 1 N–H and O–H groups in total. The van der Waals surface area contributed by atoms with Crippen molar-refractivity contribution >= 4 is 33.2 Å². The Hall–Kier alpha value is -0.250. The van der Waals surface area contributed by atoms with Gasteiger partial charge in [-0.2, -0.15) is 0 Å². The van der Waals surface area contributed by atoms with Crippen LogP contribution in [0.3, 0.4) is 0 Å². The minimum atomic E-state index is 0.551. The molecule has 2 rings (SSSR count). The average Bonchev–Trinajstić information content (AvgIpc) is 2.36. The molecule has 1 saturated heterocycles. The summed E-state index contributed by atoms with van der Waals surface area (Å²) >= 11 is 9.64. The Morgan fingerprint density at radius 3 is 2.61 bits per heavy atom. The second-order valence-corrected chi connectivity index (χ2v) is 6.35. The van der Waals surface area contributed by atoms with Crippen molar-refractivity contribution in [2.45, 2.75) is 38.8 Å². The molecule has 0 unspecified atom stereocenters. The average molecular weight is 332 g/mol. The number of anilines is 1. The maximum absolute atomic E-state index is 6.10. The first kappa shape index (κ1) is 14.2. The summed E-state index contributed by atoms with van der Waals surface area (Å²) < 4.78 is 0.970. The zero-order valence-electron chi connectivity index (χ0n) is 10.9. The van der Waals surface area contributed by atoms with Gasteiger partial charge in [-0.25, -0.2) is 0 Å². The van der Waals surface area contributed by atoms with Gasteiger partial charge in [-0.3, -0.25) is 0 Å². The number of nitrogens with zero attached hydrogens (tertiary/aromatic N) is 1. The molecular weight excluding hydrogens is 312 g/mol. The lowest BCUT2D eigenvalue weighted by Gasteiger charge is -2.35. The zero-order valence-corrected chi connectivity index (χ0v) is 13.3. The van der Waals surface area contributed by atoms with Gasteiger partial charge in [-0.1, -0.05) is 17.7 Å². The summed E-state index contributed by atoms with van der Waals surface area (Å²) in [6, 6.07) is 7.17. The van der Waals surface area contributed by atoms with Crippen molar-refractivity contribution in [3.8, 4) is 0 Å². The van der Waals surface area contributed by atoms with Gasteiger partial charge in [0, 0.05) is 25.2 Å². The van der Waals surface area contributed by atoms with E-state index in [1.54, 1.807) is 0 Å². The highest BCUT2D eigenvalue weighted by Crippen LogP contribution is 2.31. The molecule has 0 amide bonds. The number of piperidine rings is 1. The van der Waals surface area contributed by atoms with E-state index in [1.807, 2.05) is 12.1 Å². The minimum Gasteiger partial charge on any atom is -0.381 e. The maximum atomic E-state index is 6.10. The van der Waals surface area contributed by atoms with Gasteiger partial charge in [0.25, 0.3) is 0 Å². The molecule has 100 valence electrons. The molecule has 1 heterocycles. The van der Waals surface area contributed by atoms with Crippen LogP contribution in [0.2, 0.25) is 5.02 Å². The summed E-state index contributed by atoms with van der Waals surface area (Å²) in [5, 5.41) is 4.35. The number of hydrogen-bond acceptors (Lipinski definition) is 2. The summed E-state index contributed by atoms with van der Waals surface area (Å²) in [5.41, 5.74) is 1.10. The normalized spacial score (nSPS) is 18.3. The first-order valence-electron chi connectivity index (χ1n) is 6.52. The van der Waals surface area contributed by atoms with Crippen LogP contribution < -0.4 is 5.32 Å². The second-order valence-electron chi connectivity index (χ2n) is 5.15. The predicted molar refractivity (Wildman–Crippen MR) is 82.5 cm³/mol. The van der Waals surface area contributed by atoms with Crippen LogP contribution in [0.1, 0.15) is 26.7 Å². The van der Waals surface area contributed by atoms with Crippen molar-refractivity contribution in [1.82, 2.24) is 4.90 Å². The second kappa shape index (κ2) is 6.27. The number of halogens is 2. The molecule has 0 bridgehead atoms. The molecule has 0 saturated carbocycles. The lowest BCUT2D eigenvalue weighted by Crippen LogP contribution is -2.42. The van der Waals surface area contributed by atoms with Crippen LogP contribution in [0.25, 0.3) is 0 Å². The standard InChI is InChI=1S/C14H20BrClN2/c1-10(2)18-8-6-11(7-9-18)17-13-5-3-4-12(16)14(13)15/h3-5,10-11,17H,6-9H2,1-2H3. The molecule has 1 aromatic rings. The Morgan fingerprint density at radius 2 is 2.00 bits per heavy atom. The fourth-order valence-corrected chi connectivity index (χ4v) is 2.95. The van der Waals surface area contributed by atoms with Gasteiger partial charge in [-0.05, 0) is 54.8 Å². The van der Waals surface area contributed by atoms with Crippen molar-refractivity contribution in [2.24, 2.45) is 0 Å². The third-order valence-electron chi connectivity index (χ3n) is 3.57. The molecule has 0 radical (unpaired) electrons. The summed E-state index contributed by atoms with van der Waals surface area (Å²) in [6.45, 7) is 6.88. The Labute approximate surface area is 123 Å². The molecule has 1 aromatic carbocycles. The monoisotopic (exact) mass is 330 g/mol. The molecule has 0 atom stereocenters. The number of likely N-dealkylation sites (tertiary alicyclic amines) is 1. The first-order valence-corrected chi connectivity index (χ1v) is 7.69. The number of rotatable bonds is 3. The Bertz CT molecular complexity index is 401. The van der Waals surface area contributed by atoms with Crippen LogP contribution >= 0.6 is 27.5 Å². The van der Waals surface area contributed by atoms with Gasteiger partial charge in [0.15, 0.2) is 0 Å². The Balaban J connectivity index is 1.94. The lowest BCUT2D eigenvalue weighted by molar-refractivity contribution is 0.177. The molecule has 18 heavy (non-hydrogen) atoms. The largest absolute Gasteiger partial charge is 0.381 e. The smallest absolute Gasteiger partial charge is 0.0593 e. The summed E-state index contributed by atoms with van der Waals surface area (Å²) in [7, 11) is 0. The van der Waals surface area contributed by atoms with E-state index in [4.69, 9.17) is 11.6 Å². The SMILES string of the molecule is CC(C)N1CCC(Nc2cccc(Cl)c2Br)CC1. The third-order valence-corrected chi connectivity index (χ3v) is 4.97. The van der Waals surface area contributed by atoms with E-state index in [0.717, 1.165) is 15.2 Å². The molecule has 0 aromatic heterocycles. The van der Waals surface area contributed by atoms with Crippen LogP contribution in [0.5, 0.6) is 0 Å². The maximum Gasteiger partial charge on any atom is 0.0593 e. The molecule has 0 spiro atoms. The van der Waals surface area contributed by atoms with Crippen molar-refractivity contribution in [2.75, 3.05) is 18.4 Å². The highest BCUT2D eigenvalue weighted by Gasteiger charge is 2.21. The highest BCUT2D eigenvalue weighted by atomic mass is 79.9. The molecule has 1 aliphatic rings. The van der Waals surface area contributed by atoms with E-state index >= 15 is 0 Å². The van der Waals surface area contributed by atoms with Crippen molar-refractivity contribution in [1.29, 1.82) is 0 Å². The van der Waals surface area contributed by atoms with E-state index in [2.05, 4.69) is 46.1 Å². The fraction of sp³-hybridized carbons (Fsp3) is 0.571. The quantitative estimate of drug-likeness (QED) is 0.884. The van der Waals surface area contributed by atoms with Crippen LogP contribution in [0.4, 0.5) is 5.69 Å². The number of benzene rings is 1. The van der Waals surface area contributed by atoms with E-state index < -0.39 is 0 Å². The van der Waals surface area contributed by atoms with Crippen LogP contribution in [0, 0.1) is 0 Å². The van der Waals surface area contributed by atoms with E-state index in [1.165, 1.54) is 25.9 Å². The third kappa shape index (κ3) is 3.40. The minimum absolute atomic E-state index is 0.551. The van der Waals surface area contributed by atoms with Gasteiger partial charge >= 0.3 is 0 Å². The lowest BCUT2D eigenvalue weighted by atomic mass is 10.0. The first-order chi connectivity index (χ1) is 8.58. The van der Waals surface area contributed by atoms with Crippen molar-refractivity contribution < 1.29 is 0 Å². The Kier molecular flexibility index (Phi) is 4.93. The number of nitrogens with one attached hydrogen (secondary N) is 1. The van der Waals surface area contributed by atoms with Gasteiger partial charge in [0.2, 0.25) is 0 Å². The van der Waals surface area contributed by atoms with E-state index in [-0.39, 0.29) is 0 Å². The van der Waals surface area contributed by atoms with Crippen LogP contribution in [-0.4, -0.2) is 30.1 Å². The topological polar surface area (TPSA) is 15.3 Å². The molecule has 0 aliphatic carbocycles. The summed E-state index contributed by atoms with van der Waals surface area (Å²) in [4.78, 5) is 2.53. The summed E-state index contributed by atoms with van der Waals surface area (Å²) in [6.07, 6.45) is 2.38. The molecule has 1 aliphatic heterocycles. The predicted octanol–water partition coefficient (Wildman–Crippen LogP) is 4.39.